The minimum Gasteiger partial charge on any atom is -0.309 e. The molecule has 0 spiro atoms. The van der Waals surface area contributed by atoms with Gasteiger partial charge in [0.05, 0.1) is 5.01 Å². The Morgan fingerprint density at radius 3 is 2.47 bits per heavy atom. The maximum absolute atomic E-state index is 4.55. The highest BCUT2D eigenvalue weighted by atomic mass is 32.1. The van der Waals surface area contributed by atoms with Gasteiger partial charge in [-0.15, -0.1) is 11.3 Å². The van der Waals surface area contributed by atoms with Gasteiger partial charge in [-0.2, -0.15) is 0 Å². The van der Waals surface area contributed by atoms with Crippen LogP contribution >= 0.6 is 11.3 Å². The van der Waals surface area contributed by atoms with E-state index in [4.69, 9.17) is 0 Å². The molecule has 0 amide bonds. The van der Waals surface area contributed by atoms with Crippen LogP contribution in [0, 0.1) is 5.41 Å². The first-order valence-electron chi connectivity index (χ1n) is 7.45. The molecule has 1 aliphatic rings. The zero-order valence-corrected chi connectivity index (χ0v) is 13.9. The molecule has 108 valence electrons. The molecule has 3 heteroatoms. The number of rotatable bonds is 3. The molecular formula is C16H28N2S. The molecule has 1 aliphatic carbocycles. The third kappa shape index (κ3) is 4.28. The number of nitrogens with zero attached hydrogens (tertiary/aromatic N) is 1. The Kier molecular flexibility index (Phi) is 4.36. The first-order chi connectivity index (χ1) is 8.76. The van der Waals surface area contributed by atoms with Crippen LogP contribution in [0.3, 0.4) is 0 Å². The van der Waals surface area contributed by atoms with Gasteiger partial charge in [-0.3, -0.25) is 0 Å². The van der Waals surface area contributed by atoms with Gasteiger partial charge < -0.3 is 5.32 Å². The first-order valence-corrected chi connectivity index (χ1v) is 8.26. The van der Waals surface area contributed by atoms with Crippen LogP contribution in [-0.4, -0.2) is 11.0 Å². The summed E-state index contributed by atoms with van der Waals surface area (Å²) in [4.78, 5) is 5.92. The number of aromatic nitrogens is 1. The highest BCUT2D eigenvalue weighted by Crippen LogP contribution is 2.35. The second-order valence-corrected chi connectivity index (χ2v) is 8.82. The highest BCUT2D eigenvalue weighted by molar-refractivity contribution is 7.11. The number of hydrogen-bond donors (Lipinski definition) is 1. The summed E-state index contributed by atoms with van der Waals surface area (Å²) in [7, 11) is 0. The lowest BCUT2D eigenvalue weighted by molar-refractivity contribution is 0.206. The Morgan fingerprint density at radius 2 is 1.95 bits per heavy atom. The van der Waals surface area contributed by atoms with Crippen molar-refractivity contribution in [3.05, 3.63) is 16.1 Å². The van der Waals surface area contributed by atoms with Crippen molar-refractivity contribution in [2.45, 2.75) is 78.3 Å². The maximum Gasteiger partial charge on any atom is 0.0981 e. The van der Waals surface area contributed by atoms with Gasteiger partial charge in [0.25, 0.3) is 0 Å². The lowest BCUT2D eigenvalue weighted by atomic mass is 9.75. The van der Waals surface area contributed by atoms with Gasteiger partial charge in [-0.05, 0) is 31.1 Å². The van der Waals surface area contributed by atoms with E-state index in [-0.39, 0.29) is 5.41 Å². The molecule has 0 atom stereocenters. The quantitative estimate of drug-likeness (QED) is 0.882. The van der Waals surface area contributed by atoms with Crippen molar-refractivity contribution < 1.29 is 0 Å². The molecule has 0 bridgehead atoms. The molecule has 2 nitrogen and oxygen atoms in total. The van der Waals surface area contributed by atoms with E-state index >= 15 is 0 Å². The van der Waals surface area contributed by atoms with E-state index in [1.807, 2.05) is 17.5 Å². The standard InChI is InChI=1S/C16H28N2S/c1-15(2,3)14-18-11-13(19-14)10-17-12-6-8-16(4,5)9-7-12/h11-12,17H,6-10H2,1-5H3. The van der Waals surface area contributed by atoms with Crippen LogP contribution in [0.1, 0.15) is 70.2 Å². The third-order valence-electron chi connectivity index (χ3n) is 4.10. The van der Waals surface area contributed by atoms with Crippen LogP contribution in [-0.2, 0) is 12.0 Å². The molecule has 19 heavy (non-hydrogen) atoms. The zero-order valence-electron chi connectivity index (χ0n) is 13.0. The molecule has 1 saturated carbocycles. The summed E-state index contributed by atoms with van der Waals surface area (Å²) in [6.45, 7) is 12.5. The minimum atomic E-state index is 0.178. The molecule has 0 saturated heterocycles. The van der Waals surface area contributed by atoms with Crippen LogP contribution in [0.15, 0.2) is 6.20 Å². The Labute approximate surface area is 122 Å². The highest BCUT2D eigenvalue weighted by Gasteiger charge is 2.26. The second kappa shape index (κ2) is 5.53. The summed E-state index contributed by atoms with van der Waals surface area (Å²) in [5.74, 6) is 0. The Balaban J connectivity index is 1.82. The Morgan fingerprint density at radius 1 is 1.32 bits per heavy atom. The van der Waals surface area contributed by atoms with Gasteiger partial charge in [-0.1, -0.05) is 34.6 Å². The lowest BCUT2D eigenvalue weighted by Crippen LogP contribution is -2.34. The van der Waals surface area contributed by atoms with Crippen molar-refractivity contribution >= 4 is 11.3 Å². The summed E-state index contributed by atoms with van der Waals surface area (Å²) in [5, 5.41) is 4.96. The monoisotopic (exact) mass is 280 g/mol. The molecule has 1 fully saturated rings. The summed E-state index contributed by atoms with van der Waals surface area (Å²) >= 11 is 1.85. The minimum absolute atomic E-state index is 0.178. The van der Waals surface area contributed by atoms with Crippen molar-refractivity contribution in [3.63, 3.8) is 0 Å². The first kappa shape index (κ1) is 15.0. The normalized spacial score (nSPS) is 20.7. The summed E-state index contributed by atoms with van der Waals surface area (Å²) in [5.41, 5.74) is 0.736. The third-order valence-corrected chi connectivity index (χ3v) is 5.52. The molecule has 0 aromatic carbocycles. The summed E-state index contributed by atoms with van der Waals surface area (Å²) in [6, 6.07) is 0.702. The molecule has 0 radical (unpaired) electrons. The van der Waals surface area contributed by atoms with Crippen LogP contribution in [0.25, 0.3) is 0 Å². The molecule has 1 aromatic heterocycles. The number of nitrogens with one attached hydrogen (secondary N) is 1. The van der Waals surface area contributed by atoms with Crippen molar-refractivity contribution in [3.8, 4) is 0 Å². The molecule has 0 unspecified atom stereocenters. The Bertz CT molecular complexity index is 405. The average molecular weight is 280 g/mol. The van der Waals surface area contributed by atoms with E-state index in [1.165, 1.54) is 35.6 Å². The van der Waals surface area contributed by atoms with Gasteiger partial charge >= 0.3 is 0 Å². The lowest BCUT2D eigenvalue weighted by Gasteiger charge is -2.34. The van der Waals surface area contributed by atoms with Crippen molar-refractivity contribution in [2.75, 3.05) is 0 Å². The van der Waals surface area contributed by atoms with E-state index < -0.39 is 0 Å². The summed E-state index contributed by atoms with van der Waals surface area (Å²) < 4.78 is 0. The second-order valence-electron chi connectivity index (χ2n) is 7.70. The van der Waals surface area contributed by atoms with E-state index in [0.29, 0.717) is 11.5 Å². The molecule has 1 heterocycles. The largest absolute Gasteiger partial charge is 0.309 e. The predicted molar refractivity (Wildman–Crippen MR) is 83.7 cm³/mol. The van der Waals surface area contributed by atoms with E-state index in [0.717, 1.165) is 6.54 Å². The van der Waals surface area contributed by atoms with Gasteiger partial charge in [0.2, 0.25) is 0 Å². The predicted octanol–water partition coefficient (Wildman–Crippen LogP) is 4.50. The molecule has 0 aliphatic heterocycles. The average Bonchev–Trinajstić information content (AvgIpc) is 2.76. The molecule has 2 rings (SSSR count). The smallest absolute Gasteiger partial charge is 0.0981 e. The maximum atomic E-state index is 4.55. The Hall–Kier alpha value is -0.410. The van der Waals surface area contributed by atoms with E-state index in [9.17, 15) is 0 Å². The molecule has 1 aromatic rings. The number of thiazole rings is 1. The topological polar surface area (TPSA) is 24.9 Å². The van der Waals surface area contributed by atoms with Crippen LogP contribution in [0.5, 0.6) is 0 Å². The molecular weight excluding hydrogens is 252 g/mol. The molecule has 1 N–H and O–H groups in total. The SMILES string of the molecule is CC1(C)CCC(NCc2cnc(C(C)(C)C)s2)CC1. The van der Waals surface area contributed by atoms with Crippen molar-refractivity contribution in [2.24, 2.45) is 5.41 Å². The van der Waals surface area contributed by atoms with Crippen LogP contribution in [0.2, 0.25) is 0 Å². The van der Waals surface area contributed by atoms with Gasteiger partial charge in [0.1, 0.15) is 0 Å². The van der Waals surface area contributed by atoms with Crippen LogP contribution in [0.4, 0.5) is 0 Å². The van der Waals surface area contributed by atoms with E-state index in [2.05, 4.69) is 44.9 Å². The van der Waals surface area contributed by atoms with Crippen molar-refractivity contribution in [1.82, 2.24) is 10.3 Å². The fraction of sp³-hybridized carbons (Fsp3) is 0.812. The van der Waals surface area contributed by atoms with Crippen LogP contribution < -0.4 is 5.32 Å². The number of hydrogen-bond acceptors (Lipinski definition) is 3. The van der Waals surface area contributed by atoms with Gasteiger partial charge in [0.15, 0.2) is 0 Å². The fourth-order valence-corrected chi connectivity index (χ4v) is 3.51. The van der Waals surface area contributed by atoms with E-state index in [1.54, 1.807) is 0 Å². The fourth-order valence-electron chi connectivity index (χ4n) is 2.58. The van der Waals surface area contributed by atoms with Crippen molar-refractivity contribution in [1.29, 1.82) is 0 Å². The van der Waals surface area contributed by atoms with Gasteiger partial charge in [0, 0.05) is 29.1 Å². The zero-order chi connectivity index (χ0) is 14.1. The summed E-state index contributed by atoms with van der Waals surface area (Å²) in [6.07, 6.45) is 7.38. The van der Waals surface area contributed by atoms with Gasteiger partial charge in [-0.25, -0.2) is 4.98 Å².